The number of carbonyl (C=O) groups is 1. The van der Waals surface area contributed by atoms with Crippen LogP contribution >= 0.6 is 0 Å². The van der Waals surface area contributed by atoms with E-state index >= 15 is 0 Å². The zero-order valence-corrected chi connectivity index (χ0v) is 17.6. The number of hydrogen-bond donors (Lipinski definition) is 0. The Morgan fingerprint density at radius 3 is 2.40 bits per heavy atom. The van der Waals surface area contributed by atoms with Crippen molar-refractivity contribution in [3.05, 3.63) is 52.9 Å². The third-order valence-corrected chi connectivity index (χ3v) is 4.22. The van der Waals surface area contributed by atoms with Crippen molar-refractivity contribution in [2.24, 2.45) is 0 Å². The first kappa shape index (κ1) is 21.2. The van der Waals surface area contributed by atoms with Crippen LogP contribution in [0.15, 0.2) is 51.9 Å². The van der Waals surface area contributed by atoms with Crippen LogP contribution in [0.25, 0.3) is 22.1 Å². The summed E-state index contributed by atoms with van der Waals surface area (Å²) in [4.78, 5) is 24.8. The standard InChI is InChI=1S/C23H24O7/c1-23(2,3)30-21(24)13-28-15-7-8-16-19(11-15)29-12-17(22(16)25)14-6-9-18(26-4)20(10-14)27-5/h6-12H,13H2,1-5H3. The molecule has 7 heteroatoms. The molecule has 0 aliphatic rings. The Bertz CT molecular complexity index is 1120. The molecule has 30 heavy (non-hydrogen) atoms. The Morgan fingerprint density at radius 2 is 1.73 bits per heavy atom. The number of ether oxygens (including phenoxy) is 4. The summed E-state index contributed by atoms with van der Waals surface area (Å²) in [5, 5.41) is 0.395. The molecule has 0 N–H and O–H groups in total. The van der Waals surface area contributed by atoms with Crippen LogP contribution in [0, 0.1) is 0 Å². The molecule has 0 amide bonds. The molecular weight excluding hydrogens is 388 g/mol. The molecule has 0 spiro atoms. The molecule has 0 aliphatic heterocycles. The normalized spacial score (nSPS) is 11.2. The molecule has 1 heterocycles. The minimum Gasteiger partial charge on any atom is -0.493 e. The fraction of sp³-hybridized carbons (Fsp3) is 0.304. The van der Waals surface area contributed by atoms with E-state index in [-0.39, 0.29) is 12.0 Å². The zero-order valence-electron chi connectivity index (χ0n) is 17.6. The Morgan fingerprint density at radius 1 is 1.00 bits per heavy atom. The van der Waals surface area contributed by atoms with Crippen molar-refractivity contribution in [3.8, 4) is 28.4 Å². The van der Waals surface area contributed by atoms with Crippen molar-refractivity contribution in [3.63, 3.8) is 0 Å². The lowest BCUT2D eigenvalue weighted by atomic mass is 10.0. The van der Waals surface area contributed by atoms with E-state index in [2.05, 4.69) is 0 Å². The Labute approximate surface area is 174 Å². The van der Waals surface area contributed by atoms with Gasteiger partial charge in [-0.1, -0.05) is 6.07 Å². The van der Waals surface area contributed by atoms with Gasteiger partial charge in [0.05, 0.1) is 25.2 Å². The maximum Gasteiger partial charge on any atom is 0.344 e. The van der Waals surface area contributed by atoms with E-state index in [9.17, 15) is 9.59 Å². The van der Waals surface area contributed by atoms with Gasteiger partial charge in [0.2, 0.25) is 0 Å². The first-order valence-corrected chi connectivity index (χ1v) is 9.34. The number of methoxy groups -OCH3 is 2. The highest BCUT2D eigenvalue weighted by atomic mass is 16.6. The fourth-order valence-corrected chi connectivity index (χ4v) is 2.91. The van der Waals surface area contributed by atoms with Crippen molar-refractivity contribution in [1.82, 2.24) is 0 Å². The number of carbonyl (C=O) groups excluding carboxylic acids is 1. The van der Waals surface area contributed by atoms with Crippen LogP contribution in [0.5, 0.6) is 17.2 Å². The molecule has 0 aliphatic carbocycles. The summed E-state index contributed by atoms with van der Waals surface area (Å²) in [7, 11) is 3.08. The van der Waals surface area contributed by atoms with Crippen LogP contribution in [-0.2, 0) is 9.53 Å². The second-order valence-electron chi connectivity index (χ2n) is 7.58. The third-order valence-electron chi connectivity index (χ3n) is 4.22. The Hall–Kier alpha value is -3.48. The SMILES string of the molecule is COc1ccc(-c2coc3cc(OCC(=O)OC(C)(C)C)ccc3c2=O)cc1OC. The summed E-state index contributed by atoms with van der Waals surface area (Å²) in [5.74, 6) is 1.00. The molecule has 0 bridgehead atoms. The number of fused-ring (bicyclic) bond motifs is 1. The van der Waals surface area contributed by atoms with Gasteiger partial charge in [-0.3, -0.25) is 4.79 Å². The zero-order chi connectivity index (χ0) is 21.9. The average Bonchev–Trinajstić information content (AvgIpc) is 2.70. The minimum absolute atomic E-state index is 0.192. The van der Waals surface area contributed by atoms with Gasteiger partial charge < -0.3 is 23.4 Å². The van der Waals surface area contributed by atoms with E-state index in [1.54, 1.807) is 64.3 Å². The van der Waals surface area contributed by atoms with Crippen molar-refractivity contribution in [1.29, 1.82) is 0 Å². The molecule has 3 aromatic rings. The molecule has 2 aromatic carbocycles. The first-order valence-electron chi connectivity index (χ1n) is 9.34. The molecular formula is C23H24O7. The van der Waals surface area contributed by atoms with E-state index < -0.39 is 11.6 Å². The lowest BCUT2D eigenvalue weighted by Gasteiger charge is -2.19. The van der Waals surface area contributed by atoms with E-state index in [0.717, 1.165) is 0 Å². The van der Waals surface area contributed by atoms with E-state index in [1.807, 2.05) is 0 Å². The summed E-state index contributed by atoms with van der Waals surface area (Å²) in [6, 6.07) is 10.00. The number of esters is 1. The van der Waals surface area contributed by atoms with Gasteiger partial charge in [-0.25, -0.2) is 4.79 Å². The van der Waals surface area contributed by atoms with Crippen LogP contribution in [0.3, 0.4) is 0 Å². The average molecular weight is 412 g/mol. The van der Waals surface area contributed by atoms with Gasteiger partial charge in [-0.15, -0.1) is 0 Å². The third kappa shape index (κ3) is 4.74. The van der Waals surface area contributed by atoms with E-state index in [4.69, 9.17) is 23.4 Å². The van der Waals surface area contributed by atoms with Crippen molar-refractivity contribution in [2.45, 2.75) is 26.4 Å². The lowest BCUT2D eigenvalue weighted by molar-refractivity contribution is -0.157. The highest BCUT2D eigenvalue weighted by Gasteiger charge is 2.17. The highest BCUT2D eigenvalue weighted by molar-refractivity contribution is 5.83. The smallest absolute Gasteiger partial charge is 0.344 e. The second kappa shape index (κ2) is 8.49. The van der Waals surface area contributed by atoms with Crippen LogP contribution in [0.1, 0.15) is 20.8 Å². The van der Waals surface area contributed by atoms with Gasteiger partial charge in [-0.05, 0) is 50.6 Å². The summed E-state index contributed by atoms with van der Waals surface area (Å²) >= 11 is 0. The van der Waals surface area contributed by atoms with Crippen molar-refractivity contribution >= 4 is 16.9 Å². The van der Waals surface area contributed by atoms with Crippen molar-refractivity contribution < 1.29 is 28.2 Å². The molecule has 7 nitrogen and oxygen atoms in total. The first-order chi connectivity index (χ1) is 14.2. The summed E-state index contributed by atoms with van der Waals surface area (Å²) in [6.45, 7) is 5.11. The summed E-state index contributed by atoms with van der Waals surface area (Å²) in [6.07, 6.45) is 1.39. The van der Waals surface area contributed by atoms with Crippen LogP contribution in [0.2, 0.25) is 0 Å². The summed E-state index contributed by atoms with van der Waals surface area (Å²) in [5.41, 5.74) is 0.615. The molecule has 3 rings (SSSR count). The Kier molecular flexibility index (Phi) is 6.01. The van der Waals surface area contributed by atoms with Gasteiger partial charge in [0.15, 0.2) is 23.5 Å². The molecule has 0 fully saturated rings. The number of rotatable bonds is 6. The van der Waals surface area contributed by atoms with Gasteiger partial charge in [0.25, 0.3) is 0 Å². The van der Waals surface area contributed by atoms with Gasteiger partial charge >= 0.3 is 5.97 Å². The molecule has 0 saturated carbocycles. The molecule has 0 atom stereocenters. The fourth-order valence-electron chi connectivity index (χ4n) is 2.91. The monoisotopic (exact) mass is 412 g/mol. The summed E-state index contributed by atoms with van der Waals surface area (Å²) < 4.78 is 26.9. The molecule has 158 valence electrons. The Balaban J connectivity index is 1.87. The van der Waals surface area contributed by atoms with E-state index in [1.165, 1.54) is 13.4 Å². The maximum atomic E-state index is 13.0. The maximum absolute atomic E-state index is 13.0. The number of hydrogen-bond acceptors (Lipinski definition) is 7. The van der Waals surface area contributed by atoms with Gasteiger partial charge in [0, 0.05) is 6.07 Å². The molecule has 0 saturated heterocycles. The molecule has 0 unspecified atom stereocenters. The van der Waals surface area contributed by atoms with Crippen LogP contribution in [-0.4, -0.2) is 32.4 Å². The molecule has 0 radical (unpaired) electrons. The van der Waals surface area contributed by atoms with Crippen LogP contribution in [0.4, 0.5) is 0 Å². The predicted octanol–water partition coefficient (Wildman–Crippen LogP) is 4.20. The lowest BCUT2D eigenvalue weighted by Crippen LogP contribution is -2.27. The largest absolute Gasteiger partial charge is 0.493 e. The van der Waals surface area contributed by atoms with E-state index in [0.29, 0.717) is 39.3 Å². The topological polar surface area (TPSA) is 84.2 Å². The quantitative estimate of drug-likeness (QED) is 0.561. The minimum atomic E-state index is -0.586. The second-order valence-corrected chi connectivity index (χ2v) is 7.58. The van der Waals surface area contributed by atoms with Gasteiger partial charge in [0.1, 0.15) is 23.2 Å². The molecule has 1 aromatic heterocycles. The number of benzene rings is 2. The van der Waals surface area contributed by atoms with Gasteiger partial charge in [-0.2, -0.15) is 0 Å². The predicted molar refractivity (Wildman–Crippen MR) is 112 cm³/mol. The highest BCUT2D eigenvalue weighted by Crippen LogP contribution is 2.32. The van der Waals surface area contributed by atoms with Crippen LogP contribution < -0.4 is 19.6 Å². The van der Waals surface area contributed by atoms with Crippen molar-refractivity contribution in [2.75, 3.05) is 20.8 Å².